The molecule has 3 rings (SSSR count). The van der Waals surface area contributed by atoms with E-state index in [1.807, 2.05) is 0 Å². The van der Waals surface area contributed by atoms with Crippen molar-refractivity contribution < 1.29 is 14.6 Å². The first-order valence-corrected chi connectivity index (χ1v) is 7.38. The second-order valence-corrected chi connectivity index (χ2v) is 4.98. The van der Waals surface area contributed by atoms with Crippen LogP contribution in [0.15, 0.2) is 55.1 Å². The molecule has 0 radical (unpaired) electrons. The van der Waals surface area contributed by atoms with E-state index in [0.29, 0.717) is 5.69 Å². The lowest BCUT2D eigenvalue weighted by Crippen LogP contribution is -2.12. The maximum atomic E-state index is 11.5. The maximum Gasteiger partial charge on any atom is 0.374 e. The van der Waals surface area contributed by atoms with E-state index in [4.69, 9.17) is 4.74 Å². The van der Waals surface area contributed by atoms with Crippen LogP contribution in [0.25, 0.3) is 0 Å². The van der Waals surface area contributed by atoms with Crippen LogP contribution in [0.2, 0.25) is 0 Å². The Labute approximate surface area is 151 Å². The van der Waals surface area contributed by atoms with Crippen molar-refractivity contribution >= 4 is 22.9 Å². The highest BCUT2D eigenvalue weighted by molar-refractivity contribution is 5.64. The zero-order valence-electron chi connectivity index (χ0n) is 13.5. The average Bonchev–Trinajstić information content (AvgIpc) is 2.67. The van der Waals surface area contributed by atoms with E-state index in [1.165, 1.54) is 36.7 Å². The number of non-ortho nitro benzene ring substituents is 1. The number of aromatic nitrogens is 3. The molecule has 0 aliphatic carbocycles. The fraction of sp³-hybridized carbons (Fsp3) is 0. The van der Waals surface area contributed by atoms with Crippen LogP contribution in [-0.2, 0) is 0 Å². The molecule has 27 heavy (non-hydrogen) atoms. The van der Waals surface area contributed by atoms with Gasteiger partial charge in [-0.25, -0.2) is 4.98 Å². The lowest BCUT2D eigenvalue weighted by atomic mass is 10.3. The molecule has 2 aromatic heterocycles. The Morgan fingerprint density at radius 1 is 0.963 bits per heavy atom. The van der Waals surface area contributed by atoms with Crippen LogP contribution in [0.3, 0.4) is 0 Å². The third-order valence-electron chi connectivity index (χ3n) is 3.22. The van der Waals surface area contributed by atoms with E-state index in [2.05, 4.69) is 25.8 Å². The summed E-state index contributed by atoms with van der Waals surface area (Å²) in [6, 6.07) is 8.62. The summed E-state index contributed by atoms with van der Waals surface area (Å²) in [7, 11) is 0. The van der Waals surface area contributed by atoms with Crippen molar-refractivity contribution in [2.45, 2.75) is 0 Å². The van der Waals surface area contributed by atoms with Gasteiger partial charge in [0.1, 0.15) is 12.1 Å². The summed E-state index contributed by atoms with van der Waals surface area (Å²) in [4.78, 5) is 32.4. The molecule has 12 heteroatoms. The summed E-state index contributed by atoms with van der Waals surface area (Å²) in [6.45, 7) is 0. The van der Waals surface area contributed by atoms with Crippen molar-refractivity contribution in [2.24, 2.45) is 0 Å². The van der Waals surface area contributed by atoms with Gasteiger partial charge in [0.25, 0.3) is 5.69 Å². The van der Waals surface area contributed by atoms with Crippen molar-refractivity contribution in [1.29, 1.82) is 0 Å². The molecule has 0 atom stereocenters. The Bertz CT molecular complexity index is 966. The van der Waals surface area contributed by atoms with Gasteiger partial charge in [-0.05, 0) is 24.3 Å². The van der Waals surface area contributed by atoms with Crippen molar-refractivity contribution in [2.75, 3.05) is 10.9 Å². The van der Waals surface area contributed by atoms with Crippen LogP contribution in [0.1, 0.15) is 0 Å². The van der Waals surface area contributed by atoms with Crippen LogP contribution in [0, 0.1) is 20.2 Å². The summed E-state index contributed by atoms with van der Waals surface area (Å²) in [5.74, 6) is -0.142. The molecule has 0 bridgehead atoms. The fourth-order valence-corrected chi connectivity index (χ4v) is 2.01. The Kier molecular flexibility index (Phi) is 4.98. The summed E-state index contributed by atoms with van der Waals surface area (Å²) >= 11 is 0. The molecule has 0 unspecified atom stereocenters. The lowest BCUT2D eigenvalue weighted by Gasteiger charge is -2.10. The summed E-state index contributed by atoms with van der Waals surface area (Å²) in [5, 5.41) is 22.1. The molecule has 3 aromatic rings. The predicted molar refractivity (Wildman–Crippen MR) is 93.3 cm³/mol. The van der Waals surface area contributed by atoms with Gasteiger partial charge in [-0.2, -0.15) is 4.98 Å². The zero-order chi connectivity index (χ0) is 19.2. The summed E-state index contributed by atoms with van der Waals surface area (Å²) in [5.41, 5.74) is 5.12. The van der Waals surface area contributed by atoms with E-state index >= 15 is 0 Å². The highest BCUT2D eigenvalue weighted by atomic mass is 16.6. The molecule has 0 aliphatic heterocycles. The molecule has 0 spiro atoms. The van der Waals surface area contributed by atoms with E-state index in [9.17, 15) is 20.2 Å². The summed E-state index contributed by atoms with van der Waals surface area (Å²) in [6.07, 6.45) is 4.01. The first-order valence-electron chi connectivity index (χ1n) is 7.38. The number of hydrogen-bond donors (Lipinski definition) is 2. The third-order valence-corrected chi connectivity index (χ3v) is 3.22. The van der Waals surface area contributed by atoms with Crippen LogP contribution >= 0.6 is 0 Å². The lowest BCUT2D eigenvalue weighted by molar-refractivity contribution is -0.385. The van der Waals surface area contributed by atoms with Crippen LogP contribution in [0.4, 0.5) is 22.9 Å². The van der Waals surface area contributed by atoms with Gasteiger partial charge in [-0.3, -0.25) is 36.1 Å². The van der Waals surface area contributed by atoms with Crippen molar-refractivity contribution in [3.05, 3.63) is 75.3 Å². The molecule has 12 nitrogen and oxygen atoms in total. The van der Waals surface area contributed by atoms with Crippen LogP contribution in [0.5, 0.6) is 11.6 Å². The Morgan fingerprint density at radius 2 is 1.74 bits per heavy atom. The van der Waals surface area contributed by atoms with Gasteiger partial charge < -0.3 is 4.74 Å². The molecular weight excluding hydrogens is 358 g/mol. The number of nitro benzene ring substituents is 1. The standard InChI is InChI=1S/C15H11N7O5/c23-21(24)11-5-3-10(4-6-11)19-20-14-13(22(25)26)15(18-9-17-14)27-12-2-1-7-16-8-12/h1-9,19H,(H,17,18,20). The van der Waals surface area contributed by atoms with Gasteiger partial charge >= 0.3 is 11.6 Å². The predicted octanol–water partition coefficient (Wildman–Crippen LogP) is 2.92. The monoisotopic (exact) mass is 369 g/mol. The van der Waals surface area contributed by atoms with E-state index in [-0.39, 0.29) is 23.1 Å². The van der Waals surface area contributed by atoms with Crippen molar-refractivity contribution in [3.63, 3.8) is 0 Å². The molecule has 136 valence electrons. The van der Waals surface area contributed by atoms with Gasteiger partial charge in [0, 0.05) is 18.3 Å². The number of anilines is 2. The largest absolute Gasteiger partial charge is 0.432 e. The van der Waals surface area contributed by atoms with Gasteiger partial charge in [-0.1, -0.05) is 0 Å². The Hall–Kier alpha value is -4.35. The molecule has 2 N–H and O–H groups in total. The first kappa shape index (κ1) is 17.5. The van der Waals surface area contributed by atoms with Crippen molar-refractivity contribution in [1.82, 2.24) is 15.0 Å². The van der Waals surface area contributed by atoms with E-state index in [1.54, 1.807) is 12.1 Å². The molecule has 0 saturated heterocycles. The summed E-state index contributed by atoms with van der Waals surface area (Å²) < 4.78 is 5.41. The number of nitrogens with zero attached hydrogens (tertiary/aromatic N) is 5. The van der Waals surface area contributed by atoms with E-state index in [0.717, 1.165) is 6.33 Å². The smallest absolute Gasteiger partial charge is 0.374 e. The number of benzene rings is 1. The number of nitrogens with one attached hydrogen (secondary N) is 2. The van der Waals surface area contributed by atoms with E-state index < -0.39 is 15.5 Å². The number of hydrogen-bond acceptors (Lipinski definition) is 10. The Balaban J connectivity index is 1.81. The van der Waals surface area contributed by atoms with Crippen molar-refractivity contribution in [3.8, 4) is 11.6 Å². The highest BCUT2D eigenvalue weighted by Crippen LogP contribution is 2.33. The van der Waals surface area contributed by atoms with Gasteiger partial charge in [0.2, 0.25) is 5.82 Å². The fourth-order valence-electron chi connectivity index (χ4n) is 2.01. The Morgan fingerprint density at radius 3 is 2.37 bits per heavy atom. The third kappa shape index (κ3) is 4.19. The first-order chi connectivity index (χ1) is 13.0. The molecular formula is C15H11N7O5. The SMILES string of the molecule is O=[N+]([O-])c1ccc(NNc2ncnc(Oc3cccnc3)c2[N+](=O)[O-])cc1. The number of ether oxygens (including phenoxy) is 1. The molecule has 0 fully saturated rings. The quantitative estimate of drug-likeness (QED) is 0.468. The second kappa shape index (κ2) is 7.69. The molecule has 0 amide bonds. The van der Waals surface area contributed by atoms with Gasteiger partial charge in [0.15, 0.2) is 0 Å². The average molecular weight is 369 g/mol. The molecule has 1 aromatic carbocycles. The minimum absolute atomic E-state index is 0.0827. The number of nitro groups is 2. The normalized spacial score (nSPS) is 10.1. The van der Waals surface area contributed by atoms with Crippen LogP contribution < -0.4 is 15.6 Å². The second-order valence-electron chi connectivity index (χ2n) is 4.98. The highest BCUT2D eigenvalue weighted by Gasteiger charge is 2.25. The number of pyridine rings is 1. The molecule has 2 heterocycles. The van der Waals surface area contributed by atoms with Gasteiger partial charge in [-0.15, -0.1) is 0 Å². The van der Waals surface area contributed by atoms with Gasteiger partial charge in [0.05, 0.1) is 21.7 Å². The molecule has 0 aliphatic rings. The minimum atomic E-state index is -0.689. The maximum absolute atomic E-state index is 11.5. The minimum Gasteiger partial charge on any atom is -0.432 e. The topological polar surface area (TPSA) is 158 Å². The number of hydrazine groups is 1. The zero-order valence-corrected chi connectivity index (χ0v) is 13.5. The van der Waals surface area contributed by atoms with Crippen LogP contribution in [-0.4, -0.2) is 24.8 Å². The number of rotatable bonds is 7. The molecule has 0 saturated carbocycles.